The molecule has 0 radical (unpaired) electrons. The lowest BCUT2D eigenvalue weighted by Crippen LogP contribution is -2.28. The van der Waals surface area contributed by atoms with Crippen LogP contribution in [0.2, 0.25) is 0 Å². The van der Waals surface area contributed by atoms with E-state index >= 15 is 0 Å². The van der Waals surface area contributed by atoms with Gasteiger partial charge in [0.15, 0.2) is 0 Å². The number of ether oxygens (including phenoxy) is 1. The average molecular weight is 332 g/mol. The molecular weight excluding hydrogens is 319 g/mol. The van der Waals surface area contributed by atoms with Gasteiger partial charge >= 0.3 is 0 Å². The van der Waals surface area contributed by atoms with Crippen LogP contribution in [0.5, 0.6) is 0 Å². The maximum absolute atomic E-state index is 11.6. The summed E-state index contributed by atoms with van der Waals surface area (Å²) in [7, 11) is 0. The molecule has 0 aromatic carbocycles. The number of hydrogen-bond donors (Lipinski definition) is 1. The highest BCUT2D eigenvalue weighted by Gasteiger charge is 2.12. The van der Waals surface area contributed by atoms with Crippen molar-refractivity contribution in [2.24, 2.45) is 0 Å². The van der Waals surface area contributed by atoms with Crippen molar-refractivity contribution in [1.29, 1.82) is 0 Å². The number of hydrogen-bond acceptors (Lipinski definition) is 3. The first-order chi connectivity index (χ1) is 7.63. The van der Waals surface area contributed by atoms with E-state index in [-0.39, 0.29) is 5.91 Å². The van der Waals surface area contributed by atoms with E-state index in [1.807, 2.05) is 6.07 Å². The Kier molecular flexibility index (Phi) is 5.41. The van der Waals surface area contributed by atoms with Crippen molar-refractivity contribution in [2.75, 3.05) is 11.9 Å². The number of rotatable bonds is 5. The summed E-state index contributed by atoms with van der Waals surface area (Å²) < 4.78 is 6.21. The van der Waals surface area contributed by atoms with Crippen LogP contribution in [0.4, 0.5) is 5.82 Å². The first kappa shape index (κ1) is 13.1. The summed E-state index contributed by atoms with van der Waals surface area (Å²) in [6.45, 7) is 5.56. The van der Waals surface area contributed by atoms with E-state index in [2.05, 4.69) is 39.5 Å². The van der Waals surface area contributed by atoms with Gasteiger partial charge < -0.3 is 10.1 Å². The Hall–Kier alpha value is -0.950. The first-order valence-corrected chi connectivity index (χ1v) is 5.86. The summed E-state index contributed by atoms with van der Waals surface area (Å²) in [5, 5.41) is 2.67. The van der Waals surface area contributed by atoms with Crippen molar-refractivity contribution in [2.45, 2.75) is 13.0 Å². The van der Waals surface area contributed by atoms with Crippen molar-refractivity contribution in [3.63, 3.8) is 0 Å². The minimum absolute atomic E-state index is 0.212. The Morgan fingerprint density at radius 2 is 2.50 bits per heavy atom. The van der Waals surface area contributed by atoms with Gasteiger partial charge in [-0.05, 0) is 41.6 Å². The molecule has 1 amide bonds. The lowest BCUT2D eigenvalue weighted by molar-refractivity contribution is -0.125. The van der Waals surface area contributed by atoms with Gasteiger partial charge in [-0.2, -0.15) is 0 Å². The minimum atomic E-state index is -0.515. The van der Waals surface area contributed by atoms with Crippen LogP contribution in [-0.2, 0) is 9.53 Å². The largest absolute Gasteiger partial charge is 0.365 e. The maximum atomic E-state index is 11.6. The molecule has 0 unspecified atom stereocenters. The molecule has 0 aliphatic carbocycles. The third-order valence-corrected chi connectivity index (χ3v) is 2.45. The van der Waals surface area contributed by atoms with Crippen LogP contribution in [0.1, 0.15) is 6.92 Å². The molecule has 1 aromatic rings. The number of halogens is 1. The number of anilines is 1. The standard InChI is InChI=1S/C11H13IN2O2/c1-3-6-16-8(2)11(15)14-10-5-4-9(12)7-13-10/h3-5,7-8H,1,6H2,2H3,(H,13,14,15)/t8-/m0/s1. The molecule has 0 aliphatic heterocycles. The molecule has 1 aromatic heterocycles. The molecule has 0 spiro atoms. The number of carbonyl (C=O) groups is 1. The number of nitrogens with one attached hydrogen (secondary N) is 1. The van der Waals surface area contributed by atoms with Gasteiger partial charge in [-0.25, -0.2) is 4.98 Å². The minimum Gasteiger partial charge on any atom is -0.365 e. The van der Waals surface area contributed by atoms with Gasteiger partial charge in [0.1, 0.15) is 11.9 Å². The van der Waals surface area contributed by atoms with Crippen LogP contribution in [0.15, 0.2) is 31.0 Å². The van der Waals surface area contributed by atoms with Crippen LogP contribution in [0.25, 0.3) is 0 Å². The van der Waals surface area contributed by atoms with Crippen LogP contribution in [0, 0.1) is 3.57 Å². The number of amides is 1. The summed E-state index contributed by atoms with van der Waals surface area (Å²) in [6.07, 6.45) is 2.78. The Bertz CT molecular complexity index is 365. The predicted molar refractivity (Wildman–Crippen MR) is 71.2 cm³/mol. The molecule has 5 heteroatoms. The molecular formula is C11H13IN2O2. The molecule has 86 valence electrons. The van der Waals surface area contributed by atoms with E-state index < -0.39 is 6.10 Å². The number of pyridine rings is 1. The fourth-order valence-corrected chi connectivity index (χ4v) is 1.28. The molecule has 1 heterocycles. The van der Waals surface area contributed by atoms with Gasteiger partial charge in [0.2, 0.25) is 0 Å². The zero-order chi connectivity index (χ0) is 12.0. The summed E-state index contributed by atoms with van der Waals surface area (Å²) >= 11 is 2.15. The normalized spacial score (nSPS) is 11.9. The van der Waals surface area contributed by atoms with Crippen molar-refractivity contribution in [3.05, 3.63) is 34.6 Å². The van der Waals surface area contributed by atoms with Gasteiger partial charge in [0, 0.05) is 9.77 Å². The molecule has 16 heavy (non-hydrogen) atoms. The lowest BCUT2D eigenvalue weighted by Gasteiger charge is -2.11. The quantitative estimate of drug-likeness (QED) is 0.664. The molecule has 1 atom stereocenters. The van der Waals surface area contributed by atoms with Gasteiger partial charge in [0.05, 0.1) is 6.61 Å². The number of nitrogens with zero attached hydrogens (tertiary/aromatic N) is 1. The molecule has 1 N–H and O–H groups in total. The van der Waals surface area contributed by atoms with Crippen LogP contribution < -0.4 is 5.32 Å². The smallest absolute Gasteiger partial charge is 0.254 e. The summed E-state index contributed by atoms with van der Waals surface area (Å²) in [4.78, 5) is 15.7. The molecule has 0 saturated heterocycles. The first-order valence-electron chi connectivity index (χ1n) is 4.78. The second kappa shape index (κ2) is 6.59. The summed E-state index contributed by atoms with van der Waals surface area (Å²) in [5.41, 5.74) is 0. The Morgan fingerprint density at radius 3 is 3.06 bits per heavy atom. The van der Waals surface area contributed by atoms with Gasteiger partial charge in [-0.1, -0.05) is 6.08 Å². The van der Waals surface area contributed by atoms with Crippen molar-refractivity contribution < 1.29 is 9.53 Å². The fourth-order valence-electron chi connectivity index (χ4n) is 0.966. The highest BCUT2D eigenvalue weighted by atomic mass is 127. The van der Waals surface area contributed by atoms with E-state index in [0.717, 1.165) is 3.57 Å². The summed E-state index contributed by atoms with van der Waals surface area (Å²) in [5.74, 6) is 0.315. The van der Waals surface area contributed by atoms with E-state index in [0.29, 0.717) is 12.4 Å². The molecule has 0 fully saturated rings. The maximum Gasteiger partial charge on any atom is 0.254 e. The monoisotopic (exact) mass is 332 g/mol. The van der Waals surface area contributed by atoms with Gasteiger partial charge in [0.25, 0.3) is 5.91 Å². The molecule has 1 rings (SSSR count). The average Bonchev–Trinajstić information content (AvgIpc) is 2.29. The van der Waals surface area contributed by atoms with Crippen LogP contribution >= 0.6 is 22.6 Å². The number of aromatic nitrogens is 1. The highest BCUT2D eigenvalue weighted by Crippen LogP contribution is 2.07. The lowest BCUT2D eigenvalue weighted by atomic mass is 10.3. The molecule has 0 saturated carbocycles. The topological polar surface area (TPSA) is 51.2 Å². The SMILES string of the molecule is C=CCO[C@@H](C)C(=O)Nc1ccc(I)cn1. The Labute approximate surface area is 108 Å². The molecule has 0 aliphatic rings. The van der Waals surface area contributed by atoms with Crippen LogP contribution in [-0.4, -0.2) is 23.6 Å². The van der Waals surface area contributed by atoms with Gasteiger partial charge in [-0.3, -0.25) is 4.79 Å². The Balaban J connectivity index is 2.50. The zero-order valence-electron chi connectivity index (χ0n) is 8.94. The summed E-state index contributed by atoms with van der Waals surface area (Å²) in [6, 6.07) is 3.62. The second-order valence-corrected chi connectivity index (χ2v) is 4.36. The fraction of sp³-hybridized carbons (Fsp3) is 0.273. The second-order valence-electron chi connectivity index (χ2n) is 3.12. The van der Waals surface area contributed by atoms with Gasteiger partial charge in [-0.15, -0.1) is 6.58 Å². The number of carbonyl (C=O) groups excluding carboxylic acids is 1. The van der Waals surface area contributed by atoms with E-state index in [4.69, 9.17) is 4.74 Å². The van der Waals surface area contributed by atoms with E-state index in [1.165, 1.54) is 0 Å². The van der Waals surface area contributed by atoms with Crippen molar-refractivity contribution in [1.82, 2.24) is 4.98 Å². The van der Waals surface area contributed by atoms with Crippen LogP contribution in [0.3, 0.4) is 0 Å². The van der Waals surface area contributed by atoms with E-state index in [9.17, 15) is 4.79 Å². The van der Waals surface area contributed by atoms with E-state index in [1.54, 1.807) is 25.3 Å². The Morgan fingerprint density at radius 1 is 1.75 bits per heavy atom. The third-order valence-electron chi connectivity index (χ3n) is 1.81. The van der Waals surface area contributed by atoms with Crippen molar-refractivity contribution in [3.8, 4) is 0 Å². The third kappa shape index (κ3) is 4.28. The van der Waals surface area contributed by atoms with Crippen molar-refractivity contribution >= 4 is 34.3 Å². The molecule has 0 bridgehead atoms. The predicted octanol–water partition coefficient (Wildman–Crippen LogP) is 2.22. The zero-order valence-corrected chi connectivity index (χ0v) is 11.1. The molecule has 4 nitrogen and oxygen atoms in total. The highest BCUT2D eigenvalue weighted by molar-refractivity contribution is 14.1.